The molecule has 0 unspecified atom stereocenters. The molecule has 3 fully saturated rings. The maximum atomic E-state index is 11.1. The lowest BCUT2D eigenvalue weighted by molar-refractivity contribution is -0.109. The number of hydrogen-bond acceptors (Lipinski definition) is 2. The van der Waals surface area contributed by atoms with Crippen molar-refractivity contribution >= 4 is 6.29 Å². The number of aliphatic hydroxyl groups is 1. The second kappa shape index (κ2) is 6.22. The van der Waals surface area contributed by atoms with Crippen LogP contribution in [0.2, 0.25) is 0 Å². The zero-order chi connectivity index (χ0) is 17.8. The lowest BCUT2D eigenvalue weighted by Gasteiger charge is -2.58. The van der Waals surface area contributed by atoms with Gasteiger partial charge in [0.15, 0.2) is 0 Å². The first-order valence-corrected chi connectivity index (χ1v) is 10.7. The SMILES string of the molecule is C[C@H](CC=O)[C@H]1CC[C@H]2[C@@H]3CC=C4C[C@@H](O)CC[C@]4(C)[C@H]3CC[C@]12C. The average molecular weight is 345 g/mol. The number of aldehydes is 1. The molecule has 0 saturated heterocycles. The molecule has 0 aliphatic heterocycles. The van der Waals surface area contributed by atoms with E-state index in [1.165, 1.54) is 38.5 Å². The summed E-state index contributed by atoms with van der Waals surface area (Å²) in [5.41, 5.74) is 2.36. The molecule has 4 rings (SSSR count). The maximum Gasteiger partial charge on any atom is 0.120 e. The number of hydrogen-bond donors (Lipinski definition) is 1. The minimum Gasteiger partial charge on any atom is -0.393 e. The molecule has 8 atom stereocenters. The van der Waals surface area contributed by atoms with Gasteiger partial charge in [-0.3, -0.25) is 0 Å². The molecule has 0 aromatic heterocycles. The molecule has 0 aromatic rings. The second-order valence-corrected chi connectivity index (χ2v) is 10.3. The van der Waals surface area contributed by atoms with Crippen LogP contribution in [0.1, 0.15) is 78.6 Å². The van der Waals surface area contributed by atoms with Crippen molar-refractivity contribution in [3.8, 4) is 0 Å². The lowest BCUT2D eigenvalue weighted by atomic mass is 9.47. The fourth-order valence-corrected chi connectivity index (χ4v) is 7.93. The molecule has 0 bridgehead atoms. The van der Waals surface area contributed by atoms with Crippen molar-refractivity contribution in [3.63, 3.8) is 0 Å². The number of carbonyl (C=O) groups is 1. The quantitative estimate of drug-likeness (QED) is 0.568. The Bertz CT molecular complexity index is 566. The van der Waals surface area contributed by atoms with Crippen molar-refractivity contribution in [3.05, 3.63) is 11.6 Å². The highest BCUT2D eigenvalue weighted by Gasteiger charge is 2.59. The van der Waals surface area contributed by atoms with Crippen molar-refractivity contribution in [2.75, 3.05) is 0 Å². The zero-order valence-corrected chi connectivity index (χ0v) is 16.3. The van der Waals surface area contributed by atoms with Gasteiger partial charge in [-0.2, -0.15) is 0 Å². The number of allylic oxidation sites excluding steroid dienone is 1. The molecule has 2 nitrogen and oxygen atoms in total. The summed E-state index contributed by atoms with van der Waals surface area (Å²) in [4.78, 5) is 11.1. The first-order chi connectivity index (χ1) is 11.9. The Morgan fingerprint density at radius 2 is 2.00 bits per heavy atom. The highest BCUT2D eigenvalue weighted by atomic mass is 16.3. The van der Waals surface area contributed by atoms with Gasteiger partial charge in [0, 0.05) is 6.42 Å². The van der Waals surface area contributed by atoms with E-state index in [9.17, 15) is 9.90 Å². The van der Waals surface area contributed by atoms with Gasteiger partial charge in [-0.25, -0.2) is 0 Å². The van der Waals surface area contributed by atoms with Crippen LogP contribution in [0, 0.1) is 40.4 Å². The minimum absolute atomic E-state index is 0.107. The third-order valence-corrected chi connectivity index (χ3v) is 9.31. The molecule has 25 heavy (non-hydrogen) atoms. The largest absolute Gasteiger partial charge is 0.393 e. The van der Waals surface area contributed by atoms with Crippen molar-refractivity contribution < 1.29 is 9.90 Å². The van der Waals surface area contributed by atoms with E-state index in [0.717, 1.165) is 49.2 Å². The maximum absolute atomic E-state index is 11.1. The van der Waals surface area contributed by atoms with Crippen molar-refractivity contribution in [1.82, 2.24) is 0 Å². The van der Waals surface area contributed by atoms with Crippen molar-refractivity contribution in [2.24, 2.45) is 40.4 Å². The Morgan fingerprint density at radius 3 is 2.76 bits per heavy atom. The summed E-state index contributed by atoms with van der Waals surface area (Å²) in [5, 5.41) is 10.1. The van der Waals surface area contributed by atoms with E-state index in [1.807, 2.05) is 0 Å². The van der Waals surface area contributed by atoms with Gasteiger partial charge in [-0.15, -0.1) is 0 Å². The van der Waals surface area contributed by atoms with Gasteiger partial charge in [0.25, 0.3) is 0 Å². The molecule has 0 aromatic carbocycles. The predicted molar refractivity (Wildman–Crippen MR) is 101 cm³/mol. The van der Waals surface area contributed by atoms with Gasteiger partial charge in [0.1, 0.15) is 6.29 Å². The Morgan fingerprint density at radius 1 is 1.20 bits per heavy atom. The number of rotatable bonds is 3. The smallest absolute Gasteiger partial charge is 0.120 e. The van der Waals surface area contributed by atoms with Crippen molar-refractivity contribution in [2.45, 2.75) is 84.7 Å². The zero-order valence-electron chi connectivity index (χ0n) is 16.3. The van der Waals surface area contributed by atoms with Gasteiger partial charge in [0.05, 0.1) is 6.10 Å². The Balaban J connectivity index is 1.61. The van der Waals surface area contributed by atoms with E-state index in [4.69, 9.17) is 0 Å². The molecule has 4 aliphatic rings. The summed E-state index contributed by atoms with van der Waals surface area (Å²) < 4.78 is 0. The molecular formula is C23H36O2. The summed E-state index contributed by atoms with van der Waals surface area (Å²) in [6.07, 6.45) is 14.0. The highest BCUT2D eigenvalue weighted by Crippen LogP contribution is 2.67. The Kier molecular flexibility index (Phi) is 4.42. The van der Waals surface area contributed by atoms with Gasteiger partial charge < -0.3 is 9.90 Å². The van der Waals surface area contributed by atoms with Crippen LogP contribution in [0.25, 0.3) is 0 Å². The molecule has 0 spiro atoms. The summed E-state index contributed by atoms with van der Waals surface area (Å²) >= 11 is 0. The predicted octanol–water partition coefficient (Wildman–Crippen LogP) is 5.15. The fourth-order valence-electron chi connectivity index (χ4n) is 7.93. The molecule has 0 radical (unpaired) electrons. The Labute approximate surface area is 153 Å². The van der Waals surface area contributed by atoms with Crippen LogP contribution >= 0.6 is 0 Å². The monoisotopic (exact) mass is 344 g/mol. The van der Waals surface area contributed by atoms with Crippen LogP contribution in [0.3, 0.4) is 0 Å². The highest BCUT2D eigenvalue weighted by molar-refractivity contribution is 5.49. The molecule has 140 valence electrons. The van der Waals surface area contributed by atoms with E-state index < -0.39 is 0 Å². The molecule has 3 saturated carbocycles. The molecule has 1 N–H and O–H groups in total. The van der Waals surface area contributed by atoms with Crippen LogP contribution in [0.15, 0.2) is 11.6 Å². The van der Waals surface area contributed by atoms with Gasteiger partial charge in [0.2, 0.25) is 0 Å². The normalized spacial score (nSPS) is 50.2. The number of aliphatic hydroxyl groups excluding tert-OH is 1. The van der Waals surface area contributed by atoms with E-state index >= 15 is 0 Å². The van der Waals surface area contributed by atoms with Gasteiger partial charge >= 0.3 is 0 Å². The molecule has 4 aliphatic carbocycles. The summed E-state index contributed by atoms with van der Waals surface area (Å²) in [6, 6.07) is 0. The standard InChI is InChI=1S/C23H36O2/c1-15(10-13-24)19-6-7-20-18-5-4-16-14-17(25)8-11-22(16,2)21(18)9-12-23(19,20)3/h4,13,15,17-21,25H,5-12,14H2,1-3H3/t15-,17+,18+,19-,20+,21+,22+,23-/m1/s1. The van der Waals surface area contributed by atoms with Crippen LogP contribution in [0.5, 0.6) is 0 Å². The van der Waals surface area contributed by atoms with E-state index in [0.29, 0.717) is 16.7 Å². The van der Waals surface area contributed by atoms with Crippen LogP contribution in [0.4, 0.5) is 0 Å². The lowest BCUT2D eigenvalue weighted by Crippen LogP contribution is -2.50. The number of carbonyl (C=O) groups excluding carboxylic acids is 1. The minimum atomic E-state index is -0.107. The van der Waals surface area contributed by atoms with Crippen LogP contribution < -0.4 is 0 Å². The van der Waals surface area contributed by atoms with E-state index in [2.05, 4.69) is 26.8 Å². The van der Waals surface area contributed by atoms with Crippen molar-refractivity contribution in [1.29, 1.82) is 0 Å². The summed E-state index contributed by atoms with van der Waals surface area (Å²) in [6.45, 7) is 7.37. The topological polar surface area (TPSA) is 37.3 Å². The Hall–Kier alpha value is -0.630. The van der Waals surface area contributed by atoms with Gasteiger partial charge in [-0.1, -0.05) is 32.4 Å². The third-order valence-electron chi connectivity index (χ3n) is 9.31. The first kappa shape index (κ1) is 17.8. The van der Waals surface area contributed by atoms with Gasteiger partial charge in [-0.05, 0) is 91.8 Å². The summed E-state index contributed by atoms with van der Waals surface area (Å²) in [5.74, 6) is 3.76. The number of fused-ring (bicyclic) bond motifs is 5. The fraction of sp³-hybridized carbons (Fsp3) is 0.870. The van der Waals surface area contributed by atoms with Crippen LogP contribution in [-0.2, 0) is 4.79 Å². The van der Waals surface area contributed by atoms with E-state index in [-0.39, 0.29) is 6.10 Å². The second-order valence-electron chi connectivity index (χ2n) is 10.3. The van der Waals surface area contributed by atoms with Crippen LogP contribution in [-0.4, -0.2) is 17.5 Å². The average Bonchev–Trinajstić information content (AvgIpc) is 2.93. The molecule has 0 amide bonds. The summed E-state index contributed by atoms with van der Waals surface area (Å²) in [7, 11) is 0. The molecule has 0 heterocycles. The van der Waals surface area contributed by atoms with E-state index in [1.54, 1.807) is 5.57 Å². The molecular weight excluding hydrogens is 308 g/mol. The molecule has 2 heteroatoms. The first-order valence-electron chi connectivity index (χ1n) is 10.7. The third kappa shape index (κ3) is 2.58.